The number of carbonyl (C=O) groups is 3. The van der Waals surface area contributed by atoms with Crippen LogP contribution < -0.4 is 5.32 Å². The van der Waals surface area contributed by atoms with Gasteiger partial charge in [-0.3, -0.25) is 14.4 Å². The van der Waals surface area contributed by atoms with Gasteiger partial charge in [0.25, 0.3) is 0 Å². The summed E-state index contributed by atoms with van der Waals surface area (Å²) >= 11 is 5.25. The SMILES string of the molecule is CC(=O)O[C@@H]1CC2=CC(=O)C=C[C@]2(C)[C@H]2CC[C@]3(C)[C@@H]([C@H](C)CC(=O)N[C@@H](c4ccc(Br)s4)C(C)C)CC[C@H]3[C@H]12. The van der Waals surface area contributed by atoms with Crippen molar-refractivity contribution in [2.75, 3.05) is 0 Å². The van der Waals surface area contributed by atoms with Crippen LogP contribution in [0.15, 0.2) is 39.7 Å². The summed E-state index contributed by atoms with van der Waals surface area (Å²) in [4.78, 5) is 39.1. The zero-order chi connectivity index (χ0) is 29.0. The quantitative estimate of drug-likeness (QED) is 0.312. The third-order valence-corrected chi connectivity index (χ3v) is 12.7. The van der Waals surface area contributed by atoms with E-state index >= 15 is 0 Å². The highest BCUT2D eigenvalue weighted by Gasteiger charge is 2.62. The number of hydrogen-bond acceptors (Lipinski definition) is 5. The Labute approximate surface area is 251 Å². The Morgan fingerprint density at radius 2 is 1.90 bits per heavy atom. The number of rotatable bonds is 7. The Hall–Kier alpha value is -1.73. The predicted molar refractivity (Wildman–Crippen MR) is 163 cm³/mol. The van der Waals surface area contributed by atoms with Gasteiger partial charge in [-0.15, -0.1) is 11.3 Å². The molecule has 0 unspecified atom stereocenters. The van der Waals surface area contributed by atoms with Crippen molar-refractivity contribution in [3.63, 3.8) is 0 Å². The van der Waals surface area contributed by atoms with Gasteiger partial charge in [0.1, 0.15) is 6.10 Å². The number of amides is 1. The lowest BCUT2D eigenvalue weighted by Crippen LogP contribution is -2.55. The van der Waals surface area contributed by atoms with Gasteiger partial charge in [-0.25, -0.2) is 0 Å². The monoisotopic (exact) mass is 629 g/mol. The molecule has 4 aliphatic rings. The molecular weight excluding hydrogens is 586 g/mol. The number of allylic oxidation sites excluding steroid dienone is 3. The van der Waals surface area contributed by atoms with Crippen LogP contribution in [0.3, 0.4) is 0 Å². The molecule has 0 radical (unpaired) electrons. The molecule has 9 atom stereocenters. The number of hydrogen-bond donors (Lipinski definition) is 1. The van der Waals surface area contributed by atoms with Crippen molar-refractivity contribution < 1.29 is 19.1 Å². The second-order valence-electron chi connectivity index (χ2n) is 13.7. The van der Waals surface area contributed by atoms with Crippen LogP contribution in [0.4, 0.5) is 0 Å². The molecule has 0 aromatic carbocycles. The topological polar surface area (TPSA) is 72.5 Å². The zero-order valence-corrected chi connectivity index (χ0v) is 27.1. The molecule has 0 saturated heterocycles. The van der Waals surface area contributed by atoms with Crippen molar-refractivity contribution >= 4 is 44.9 Å². The highest BCUT2D eigenvalue weighted by molar-refractivity contribution is 9.11. The Balaban J connectivity index is 1.34. The first kappa shape index (κ1) is 29.8. The number of ether oxygens (including phenoxy) is 1. The van der Waals surface area contributed by atoms with E-state index in [0.717, 1.165) is 35.0 Å². The van der Waals surface area contributed by atoms with Crippen molar-refractivity contribution in [3.8, 4) is 0 Å². The number of carbonyl (C=O) groups excluding carboxylic acids is 3. The second kappa shape index (κ2) is 11.2. The molecule has 218 valence electrons. The number of ketones is 1. The molecule has 7 heteroatoms. The molecule has 3 fully saturated rings. The molecule has 3 saturated carbocycles. The lowest BCUT2D eigenvalue weighted by molar-refractivity contribution is -0.163. The third-order valence-electron chi connectivity index (χ3n) is 11.0. The van der Waals surface area contributed by atoms with Crippen LogP contribution >= 0.6 is 27.3 Å². The maximum atomic E-state index is 13.4. The van der Waals surface area contributed by atoms with E-state index in [1.807, 2.05) is 0 Å². The molecule has 4 aliphatic carbocycles. The molecule has 5 rings (SSSR count). The Kier molecular flexibility index (Phi) is 8.30. The number of thiophene rings is 1. The summed E-state index contributed by atoms with van der Waals surface area (Å²) < 4.78 is 7.11. The Morgan fingerprint density at radius 1 is 1.15 bits per heavy atom. The lowest BCUT2D eigenvalue weighted by Gasteiger charge is -2.59. The van der Waals surface area contributed by atoms with Crippen LogP contribution in [-0.2, 0) is 19.1 Å². The molecule has 1 aromatic heterocycles. The molecular formula is C33H44BrNO4S. The average Bonchev–Trinajstić information content (AvgIpc) is 3.45. The number of esters is 1. The highest BCUT2D eigenvalue weighted by atomic mass is 79.9. The minimum Gasteiger partial charge on any atom is -0.462 e. The number of halogens is 1. The summed E-state index contributed by atoms with van der Waals surface area (Å²) in [5, 5.41) is 3.35. The zero-order valence-electron chi connectivity index (χ0n) is 24.7. The summed E-state index contributed by atoms with van der Waals surface area (Å²) in [6, 6.07) is 4.17. The summed E-state index contributed by atoms with van der Waals surface area (Å²) in [5.74, 6) is 1.98. The van der Waals surface area contributed by atoms with E-state index in [-0.39, 0.29) is 52.5 Å². The van der Waals surface area contributed by atoms with E-state index < -0.39 is 0 Å². The summed E-state index contributed by atoms with van der Waals surface area (Å²) in [6.07, 6.45) is 11.0. The molecule has 5 nitrogen and oxygen atoms in total. The summed E-state index contributed by atoms with van der Waals surface area (Å²) in [6.45, 7) is 12.8. The van der Waals surface area contributed by atoms with Crippen molar-refractivity contribution in [2.45, 2.75) is 92.2 Å². The highest BCUT2D eigenvalue weighted by Crippen LogP contribution is 2.67. The Bertz CT molecular complexity index is 1230. The number of fused-ring (bicyclic) bond motifs is 5. The average molecular weight is 631 g/mol. The smallest absolute Gasteiger partial charge is 0.302 e. The molecule has 0 spiro atoms. The van der Waals surface area contributed by atoms with Crippen LogP contribution in [0.1, 0.15) is 91.0 Å². The standard InChI is InChI=1S/C33H44BrNO4S/c1-18(2)31(27-9-10-28(34)40-27)35-29(38)15-19(3)23-7-8-24-30-25(12-14-33(23,24)6)32(5)13-11-22(37)16-21(32)17-26(30)39-20(4)36/h9-11,13,16,18-19,23-26,30-31H,7-8,12,14-15,17H2,1-6H3,(H,35,38)/t19-,23-,24+,25+,26-,30+,31-,32+,33-/m1/s1. The van der Waals surface area contributed by atoms with Gasteiger partial charge >= 0.3 is 5.97 Å². The van der Waals surface area contributed by atoms with Gasteiger partial charge in [-0.2, -0.15) is 0 Å². The van der Waals surface area contributed by atoms with Crippen LogP contribution in [0.2, 0.25) is 0 Å². The van der Waals surface area contributed by atoms with Crippen molar-refractivity contribution in [1.82, 2.24) is 5.32 Å². The van der Waals surface area contributed by atoms with Crippen LogP contribution in [0, 0.1) is 46.3 Å². The molecule has 0 aliphatic heterocycles. The van der Waals surface area contributed by atoms with E-state index in [1.54, 1.807) is 23.5 Å². The van der Waals surface area contributed by atoms with Crippen LogP contribution in [0.25, 0.3) is 0 Å². The van der Waals surface area contributed by atoms with Gasteiger partial charge in [-0.05, 0) is 101 Å². The molecule has 1 aromatic rings. The van der Waals surface area contributed by atoms with Gasteiger partial charge in [0, 0.05) is 36.0 Å². The summed E-state index contributed by atoms with van der Waals surface area (Å²) in [5.41, 5.74) is 1.05. The van der Waals surface area contributed by atoms with Gasteiger partial charge in [0.15, 0.2) is 5.78 Å². The first-order valence-corrected chi connectivity index (χ1v) is 16.6. The fraction of sp³-hybridized carbons (Fsp3) is 0.667. The van der Waals surface area contributed by atoms with E-state index in [0.29, 0.717) is 36.5 Å². The minimum atomic E-state index is -0.241. The van der Waals surface area contributed by atoms with E-state index in [4.69, 9.17) is 4.74 Å². The van der Waals surface area contributed by atoms with Gasteiger partial charge in [-0.1, -0.05) is 46.3 Å². The van der Waals surface area contributed by atoms with Crippen LogP contribution in [-0.4, -0.2) is 23.8 Å². The van der Waals surface area contributed by atoms with Gasteiger partial charge in [0.2, 0.25) is 5.91 Å². The van der Waals surface area contributed by atoms with E-state index in [1.165, 1.54) is 11.8 Å². The second-order valence-corrected chi connectivity index (χ2v) is 16.2. The minimum absolute atomic E-state index is 0.0171. The maximum Gasteiger partial charge on any atom is 0.302 e. The number of nitrogens with one attached hydrogen (secondary N) is 1. The van der Waals surface area contributed by atoms with Crippen molar-refractivity contribution in [3.05, 3.63) is 44.6 Å². The largest absolute Gasteiger partial charge is 0.462 e. The van der Waals surface area contributed by atoms with E-state index in [2.05, 4.69) is 74.1 Å². The van der Waals surface area contributed by atoms with Gasteiger partial charge < -0.3 is 10.1 Å². The maximum absolute atomic E-state index is 13.4. The first-order valence-electron chi connectivity index (χ1n) is 15.0. The normalized spacial score (nSPS) is 36.2. The molecule has 1 amide bonds. The summed E-state index contributed by atoms with van der Waals surface area (Å²) in [7, 11) is 0. The fourth-order valence-electron chi connectivity index (χ4n) is 9.18. The lowest BCUT2D eigenvalue weighted by atomic mass is 9.46. The van der Waals surface area contributed by atoms with Crippen molar-refractivity contribution in [2.24, 2.45) is 46.3 Å². The van der Waals surface area contributed by atoms with E-state index in [9.17, 15) is 14.4 Å². The van der Waals surface area contributed by atoms with Gasteiger partial charge in [0.05, 0.1) is 9.83 Å². The Morgan fingerprint density at radius 3 is 2.55 bits per heavy atom. The fourth-order valence-corrected chi connectivity index (χ4v) is 10.8. The molecule has 1 N–H and O–H groups in total. The molecule has 0 bridgehead atoms. The predicted octanol–water partition coefficient (Wildman–Crippen LogP) is 7.82. The molecule has 1 heterocycles. The van der Waals surface area contributed by atoms with Crippen molar-refractivity contribution in [1.29, 1.82) is 0 Å². The third kappa shape index (κ3) is 5.30. The first-order chi connectivity index (χ1) is 18.8. The van der Waals surface area contributed by atoms with Crippen LogP contribution in [0.5, 0.6) is 0 Å². The molecule has 40 heavy (non-hydrogen) atoms.